The highest BCUT2D eigenvalue weighted by atomic mass is 32.2. The van der Waals surface area contributed by atoms with Crippen molar-refractivity contribution >= 4 is 66.3 Å². The zero-order valence-electron chi connectivity index (χ0n) is 15.3. The lowest BCUT2D eigenvalue weighted by molar-refractivity contribution is -0.115. The van der Waals surface area contributed by atoms with E-state index in [-0.39, 0.29) is 5.91 Å². The van der Waals surface area contributed by atoms with Gasteiger partial charge >= 0.3 is 0 Å². The van der Waals surface area contributed by atoms with Crippen LogP contribution in [0.25, 0.3) is 15.2 Å². The summed E-state index contributed by atoms with van der Waals surface area (Å²) in [6, 6.07) is 17.8. The normalized spacial score (nSPS) is 11.3. The molecule has 0 fully saturated rings. The van der Waals surface area contributed by atoms with Crippen molar-refractivity contribution in [1.29, 1.82) is 0 Å². The molecule has 0 atom stereocenters. The molecule has 0 radical (unpaired) electrons. The maximum absolute atomic E-state index is 12.2. The summed E-state index contributed by atoms with van der Waals surface area (Å²) in [7, 11) is 0. The zero-order chi connectivity index (χ0) is 19.8. The molecule has 0 N–H and O–H groups in total. The third-order valence-electron chi connectivity index (χ3n) is 4.32. The third-order valence-corrected chi connectivity index (χ3v) is 7.17. The predicted molar refractivity (Wildman–Crippen MR) is 119 cm³/mol. The molecule has 2 aromatic carbocycles. The highest BCUT2D eigenvalue weighted by molar-refractivity contribution is 7.98. The van der Waals surface area contributed by atoms with Gasteiger partial charge in [0.15, 0.2) is 10.3 Å². The summed E-state index contributed by atoms with van der Waals surface area (Å²) in [5.41, 5.74) is 2.84. The van der Waals surface area contributed by atoms with E-state index in [2.05, 4.69) is 31.7 Å². The van der Waals surface area contributed by atoms with Gasteiger partial charge in [0.2, 0.25) is 10.9 Å². The molecule has 0 aliphatic rings. The minimum atomic E-state index is -0.0614. The average molecular weight is 438 g/mol. The fraction of sp³-hybridized carbons (Fsp3) is 0.100. The maximum atomic E-state index is 12.2. The fourth-order valence-electron chi connectivity index (χ4n) is 3.06. The minimum Gasteiger partial charge on any atom is -0.274 e. The second kappa shape index (κ2) is 7.58. The van der Waals surface area contributed by atoms with E-state index in [0.29, 0.717) is 10.9 Å². The van der Waals surface area contributed by atoms with Crippen LogP contribution in [0.15, 0.2) is 65.1 Å². The number of para-hydroxylation sites is 2. The number of hydrogen-bond donors (Lipinski definition) is 0. The molecule has 0 unspecified atom stereocenters. The molecule has 3 aromatic heterocycles. The maximum Gasteiger partial charge on any atom is 0.230 e. The van der Waals surface area contributed by atoms with Crippen molar-refractivity contribution in [3.63, 3.8) is 0 Å². The molecule has 5 rings (SSSR count). The van der Waals surface area contributed by atoms with Crippen LogP contribution in [0.2, 0.25) is 0 Å². The smallest absolute Gasteiger partial charge is 0.230 e. The lowest BCUT2D eigenvalue weighted by Gasteiger charge is -2.17. The SMILES string of the molecule is CC(=O)N(c1ccccc1)c1nc(CSc2nnc3sc4ccccc4n23)cs1. The van der Waals surface area contributed by atoms with E-state index < -0.39 is 0 Å². The molecular weight excluding hydrogens is 422 g/mol. The van der Waals surface area contributed by atoms with Gasteiger partial charge in [0.25, 0.3) is 0 Å². The standard InChI is InChI=1S/C20H15N5OS3/c1-13(26)24(15-7-3-2-4-8-15)18-21-14(11-27-18)12-28-19-22-23-20-25(19)16-9-5-6-10-17(16)29-20/h2-11H,12H2,1H3. The molecule has 0 aliphatic carbocycles. The molecule has 0 spiro atoms. The van der Waals surface area contributed by atoms with Crippen LogP contribution in [-0.4, -0.2) is 25.5 Å². The van der Waals surface area contributed by atoms with Crippen LogP contribution in [0.1, 0.15) is 12.6 Å². The first-order chi connectivity index (χ1) is 14.2. The number of rotatable bonds is 5. The molecular formula is C20H15N5OS3. The molecule has 0 saturated carbocycles. The van der Waals surface area contributed by atoms with Crippen molar-refractivity contribution in [3.05, 3.63) is 65.7 Å². The first-order valence-electron chi connectivity index (χ1n) is 8.86. The number of benzene rings is 2. The van der Waals surface area contributed by atoms with E-state index in [1.807, 2.05) is 47.8 Å². The summed E-state index contributed by atoms with van der Waals surface area (Å²) in [5.74, 6) is 0.593. The number of nitrogens with zero attached hydrogens (tertiary/aromatic N) is 5. The van der Waals surface area contributed by atoms with Crippen LogP contribution in [0.3, 0.4) is 0 Å². The lowest BCUT2D eigenvalue weighted by Crippen LogP contribution is -2.22. The first-order valence-corrected chi connectivity index (χ1v) is 11.5. The lowest BCUT2D eigenvalue weighted by atomic mass is 10.3. The summed E-state index contributed by atoms with van der Waals surface area (Å²) in [4.78, 5) is 19.4. The first kappa shape index (κ1) is 18.3. The van der Waals surface area contributed by atoms with Crippen LogP contribution >= 0.6 is 34.4 Å². The Morgan fingerprint density at radius 3 is 2.72 bits per heavy atom. The fourth-order valence-corrected chi connectivity index (χ4v) is 5.91. The summed E-state index contributed by atoms with van der Waals surface area (Å²) < 4.78 is 3.28. The monoisotopic (exact) mass is 437 g/mol. The number of amides is 1. The van der Waals surface area contributed by atoms with Crippen LogP contribution in [-0.2, 0) is 10.5 Å². The number of thioether (sulfide) groups is 1. The van der Waals surface area contributed by atoms with Crippen molar-refractivity contribution in [3.8, 4) is 0 Å². The van der Waals surface area contributed by atoms with Crippen molar-refractivity contribution in [2.45, 2.75) is 17.8 Å². The van der Waals surface area contributed by atoms with Gasteiger partial charge in [-0.15, -0.1) is 21.5 Å². The van der Waals surface area contributed by atoms with E-state index in [4.69, 9.17) is 0 Å². The Balaban J connectivity index is 1.39. The van der Waals surface area contributed by atoms with Crippen LogP contribution in [0, 0.1) is 0 Å². The Bertz CT molecular complexity index is 1310. The Labute approximate surface area is 178 Å². The molecule has 9 heteroatoms. The van der Waals surface area contributed by atoms with E-state index in [1.165, 1.54) is 16.0 Å². The zero-order valence-corrected chi connectivity index (χ0v) is 17.8. The van der Waals surface area contributed by atoms with Crippen molar-refractivity contribution in [2.24, 2.45) is 0 Å². The van der Waals surface area contributed by atoms with Gasteiger partial charge in [-0.25, -0.2) is 4.98 Å². The highest BCUT2D eigenvalue weighted by Crippen LogP contribution is 2.33. The number of carbonyl (C=O) groups excluding carboxylic acids is 1. The van der Waals surface area contributed by atoms with Gasteiger partial charge in [0.1, 0.15) is 0 Å². The molecule has 0 bridgehead atoms. The molecule has 0 saturated heterocycles. The minimum absolute atomic E-state index is 0.0614. The van der Waals surface area contributed by atoms with E-state index in [9.17, 15) is 4.79 Å². The van der Waals surface area contributed by atoms with Gasteiger partial charge < -0.3 is 0 Å². The second-order valence-corrected chi connectivity index (χ2v) is 9.06. The third kappa shape index (κ3) is 3.41. The number of fused-ring (bicyclic) bond motifs is 3. The summed E-state index contributed by atoms with van der Waals surface area (Å²) in [6.07, 6.45) is 0. The highest BCUT2D eigenvalue weighted by Gasteiger charge is 2.18. The summed E-state index contributed by atoms with van der Waals surface area (Å²) in [6.45, 7) is 1.55. The molecule has 5 aromatic rings. The molecule has 144 valence electrons. The molecule has 1 amide bonds. The van der Waals surface area contributed by atoms with Gasteiger partial charge in [-0.1, -0.05) is 53.4 Å². The Morgan fingerprint density at radius 1 is 1.10 bits per heavy atom. The van der Waals surface area contributed by atoms with E-state index in [0.717, 1.165) is 27.0 Å². The molecule has 29 heavy (non-hydrogen) atoms. The van der Waals surface area contributed by atoms with Crippen LogP contribution in [0.4, 0.5) is 10.8 Å². The Hall–Kier alpha value is -2.75. The number of anilines is 2. The van der Waals surface area contributed by atoms with Crippen LogP contribution in [0.5, 0.6) is 0 Å². The number of thiazole rings is 2. The number of aromatic nitrogens is 4. The Kier molecular flexibility index (Phi) is 4.78. The quantitative estimate of drug-likeness (QED) is 0.346. The van der Waals surface area contributed by atoms with Crippen LogP contribution < -0.4 is 4.90 Å². The van der Waals surface area contributed by atoms with Gasteiger partial charge in [-0.3, -0.25) is 14.1 Å². The largest absolute Gasteiger partial charge is 0.274 e. The number of carbonyl (C=O) groups is 1. The topological polar surface area (TPSA) is 63.4 Å². The van der Waals surface area contributed by atoms with Crippen molar-refractivity contribution in [1.82, 2.24) is 19.6 Å². The molecule has 3 heterocycles. The van der Waals surface area contributed by atoms with Gasteiger partial charge in [-0.05, 0) is 24.3 Å². The Morgan fingerprint density at radius 2 is 1.90 bits per heavy atom. The van der Waals surface area contributed by atoms with Crippen molar-refractivity contribution in [2.75, 3.05) is 4.90 Å². The average Bonchev–Trinajstić information content (AvgIpc) is 3.43. The summed E-state index contributed by atoms with van der Waals surface area (Å²) >= 11 is 4.69. The van der Waals surface area contributed by atoms with Gasteiger partial charge in [-0.2, -0.15) is 0 Å². The second-order valence-electron chi connectivity index (χ2n) is 6.27. The summed E-state index contributed by atoms with van der Waals surface area (Å²) in [5, 5.41) is 12.1. The van der Waals surface area contributed by atoms with Gasteiger partial charge in [0, 0.05) is 18.1 Å². The predicted octanol–water partition coefficient (Wildman–Crippen LogP) is 5.38. The van der Waals surface area contributed by atoms with Gasteiger partial charge in [0.05, 0.1) is 21.6 Å². The van der Waals surface area contributed by atoms with E-state index >= 15 is 0 Å². The number of hydrogen-bond acceptors (Lipinski definition) is 7. The molecule has 0 aliphatic heterocycles. The van der Waals surface area contributed by atoms with E-state index in [1.54, 1.807) is 34.9 Å². The molecule has 6 nitrogen and oxygen atoms in total. The van der Waals surface area contributed by atoms with Crippen molar-refractivity contribution < 1.29 is 4.79 Å².